The molecule has 0 aromatic carbocycles. The number of alkyl halides is 3. The van der Waals surface area contributed by atoms with Gasteiger partial charge in [-0.1, -0.05) is 11.6 Å². The molecular weight excluding hydrogens is 371 g/mol. The van der Waals surface area contributed by atoms with Gasteiger partial charge in [-0.05, 0) is 46.1 Å². The van der Waals surface area contributed by atoms with E-state index in [-0.39, 0.29) is 16.9 Å². The van der Waals surface area contributed by atoms with Crippen molar-refractivity contribution in [3.05, 3.63) is 22.8 Å². The van der Waals surface area contributed by atoms with E-state index in [2.05, 4.69) is 10.3 Å². The monoisotopic (exact) mass is 393 g/mol. The molecule has 5 nitrogen and oxygen atoms in total. The number of pyridine rings is 1. The van der Waals surface area contributed by atoms with Gasteiger partial charge >= 0.3 is 12.3 Å². The van der Waals surface area contributed by atoms with Crippen LogP contribution in [0.4, 0.5) is 23.8 Å². The van der Waals surface area contributed by atoms with Crippen molar-refractivity contribution in [2.75, 3.05) is 18.4 Å². The van der Waals surface area contributed by atoms with Gasteiger partial charge in [0.15, 0.2) is 0 Å². The number of hydrogen-bond acceptors (Lipinski definition) is 4. The summed E-state index contributed by atoms with van der Waals surface area (Å²) in [6.07, 6.45) is -1.54. The van der Waals surface area contributed by atoms with Crippen molar-refractivity contribution in [1.82, 2.24) is 9.88 Å². The van der Waals surface area contributed by atoms with Gasteiger partial charge in [-0.15, -0.1) is 0 Å². The van der Waals surface area contributed by atoms with Gasteiger partial charge in [-0.2, -0.15) is 13.2 Å². The molecule has 0 unspecified atom stereocenters. The lowest BCUT2D eigenvalue weighted by Gasteiger charge is -2.37. The molecule has 0 bridgehead atoms. The Bertz CT molecular complexity index is 647. The van der Waals surface area contributed by atoms with Gasteiger partial charge in [0.05, 0.1) is 16.6 Å². The third-order valence-corrected chi connectivity index (χ3v) is 4.22. The van der Waals surface area contributed by atoms with E-state index >= 15 is 0 Å². The fraction of sp³-hybridized carbons (Fsp3) is 0.647. The molecule has 1 amide bonds. The van der Waals surface area contributed by atoms with E-state index in [1.807, 2.05) is 0 Å². The molecule has 0 spiro atoms. The number of halogens is 4. The number of carbonyl (C=O) groups excluding carboxylic acids is 1. The summed E-state index contributed by atoms with van der Waals surface area (Å²) < 4.78 is 43.5. The first-order chi connectivity index (χ1) is 12.0. The number of nitrogens with zero attached hydrogens (tertiary/aromatic N) is 2. The number of likely N-dealkylation sites (tertiary alicyclic amines) is 1. The lowest BCUT2D eigenvalue weighted by atomic mass is 10.0. The van der Waals surface area contributed by atoms with Crippen LogP contribution in [0, 0.1) is 0 Å². The molecule has 26 heavy (non-hydrogen) atoms. The molecule has 146 valence electrons. The van der Waals surface area contributed by atoms with Gasteiger partial charge in [-0.25, -0.2) is 9.78 Å². The van der Waals surface area contributed by atoms with Crippen LogP contribution in [0.2, 0.25) is 5.02 Å². The van der Waals surface area contributed by atoms with E-state index in [9.17, 15) is 18.0 Å². The van der Waals surface area contributed by atoms with Gasteiger partial charge in [0.25, 0.3) is 0 Å². The van der Waals surface area contributed by atoms with Crippen molar-refractivity contribution in [3.63, 3.8) is 0 Å². The summed E-state index contributed by atoms with van der Waals surface area (Å²) in [4.78, 5) is 17.8. The Kier molecular flexibility index (Phi) is 6.26. The predicted octanol–water partition coefficient (Wildman–Crippen LogP) is 4.96. The number of hydrogen-bond donors (Lipinski definition) is 1. The van der Waals surface area contributed by atoms with Crippen LogP contribution in [-0.4, -0.2) is 40.7 Å². The smallest absolute Gasteiger partial charge is 0.417 e. The number of anilines is 1. The first kappa shape index (κ1) is 20.6. The van der Waals surface area contributed by atoms with E-state index in [1.165, 1.54) is 0 Å². The summed E-state index contributed by atoms with van der Waals surface area (Å²) in [7, 11) is 0. The molecule has 9 heteroatoms. The largest absolute Gasteiger partial charge is 0.444 e. The molecule has 1 aromatic heterocycles. The maximum Gasteiger partial charge on any atom is 0.417 e. The lowest BCUT2D eigenvalue weighted by Crippen LogP contribution is -2.49. The van der Waals surface area contributed by atoms with Crippen LogP contribution in [0.5, 0.6) is 0 Å². The Hall–Kier alpha value is -1.70. The fourth-order valence-electron chi connectivity index (χ4n) is 2.71. The first-order valence-electron chi connectivity index (χ1n) is 8.43. The van der Waals surface area contributed by atoms with Crippen LogP contribution in [0.25, 0.3) is 0 Å². The fourth-order valence-corrected chi connectivity index (χ4v) is 2.94. The van der Waals surface area contributed by atoms with Crippen LogP contribution >= 0.6 is 11.6 Å². The summed E-state index contributed by atoms with van der Waals surface area (Å²) in [5.74, 6) is 0.161. The Morgan fingerprint density at radius 1 is 1.38 bits per heavy atom. The van der Waals surface area contributed by atoms with Gasteiger partial charge in [-0.3, -0.25) is 0 Å². The number of carbonyl (C=O) groups is 1. The standard InChI is InChI=1S/C17H23ClF3N3O2/c1-16(2,3)26-15(25)24-7-5-4-6-12(24)10-23-14-13(18)8-11(9-22-14)17(19,20)21/h8-9,12H,4-7,10H2,1-3H3,(H,22,23)/t12-/m0/s1. The minimum absolute atomic E-state index is 0.112. The molecule has 1 aromatic rings. The second-order valence-electron chi connectivity index (χ2n) is 7.26. The maximum atomic E-state index is 12.7. The zero-order valence-corrected chi connectivity index (χ0v) is 15.7. The van der Waals surface area contributed by atoms with Gasteiger partial charge in [0.2, 0.25) is 0 Å². The Labute approximate surface area is 155 Å². The first-order valence-corrected chi connectivity index (χ1v) is 8.81. The number of piperidine rings is 1. The number of ether oxygens (including phenoxy) is 1. The number of aromatic nitrogens is 1. The molecule has 1 saturated heterocycles. The van der Waals surface area contributed by atoms with Crippen LogP contribution in [0.1, 0.15) is 45.6 Å². The van der Waals surface area contributed by atoms with Gasteiger partial charge in [0.1, 0.15) is 11.4 Å². The SMILES string of the molecule is CC(C)(C)OC(=O)N1CCCC[C@H]1CNc1ncc(C(F)(F)F)cc1Cl. The van der Waals surface area contributed by atoms with Gasteiger partial charge < -0.3 is 15.0 Å². The zero-order valence-electron chi connectivity index (χ0n) is 15.0. The molecule has 2 heterocycles. The van der Waals surface area contributed by atoms with Crippen molar-refractivity contribution < 1.29 is 22.7 Å². The summed E-state index contributed by atoms with van der Waals surface area (Å²) in [6, 6.07) is 0.697. The summed E-state index contributed by atoms with van der Waals surface area (Å²) in [6.45, 7) is 6.31. The van der Waals surface area contributed by atoms with E-state index in [1.54, 1.807) is 25.7 Å². The Morgan fingerprint density at radius 3 is 2.65 bits per heavy atom. The average Bonchev–Trinajstić information content (AvgIpc) is 2.51. The van der Waals surface area contributed by atoms with Crippen molar-refractivity contribution >= 4 is 23.5 Å². The number of amides is 1. The highest BCUT2D eigenvalue weighted by atomic mass is 35.5. The second-order valence-corrected chi connectivity index (χ2v) is 7.66. The molecular formula is C17H23ClF3N3O2. The van der Waals surface area contributed by atoms with E-state index in [4.69, 9.17) is 16.3 Å². The van der Waals surface area contributed by atoms with E-state index in [0.29, 0.717) is 13.1 Å². The minimum Gasteiger partial charge on any atom is -0.444 e. The third-order valence-electron chi connectivity index (χ3n) is 3.93. The number of nitrogens with one attached hydrogen (secondary N) is 1. The number of rotatable bonds is 3. The van der Waals surface area contributed by atoms with Crippen molar-refractivity contribution in [2.45, 2.75) is 57.9 Å². The highest BCUT2D eigenvalue weighted by Gasteiger charge is 2.32. The molecule has 0 radical (unpaired) electrons. The third kappa shape index (κ3) is 5.65. The van der Waals surface area contributed by atoms with Crippen LogP contribution in [-0.2, 0) is 10.9 Å². The molecule has 1 N–H and O–H groups in total. The van der Waals surface area contributed by atoms with Crippen molar-refractivity contribution in [3.8, 4) is 0 Å². The topological polar surface area (TPSA) is 54.5 Å². The lowest BCUT2D eigenvalue weighted by molar-refractivity contribution is -0.137. The molecule has 0 saturated carbocycles. The van der Waals surface area contributed by atoms with E-state index < -0.39 is 23.4 Å². The molecule has 2 rings (SSSR count). The molecule has 0 aliphatic carbocycles. The maximum absolute atomic E-state index is 12.7. The van der Waals surface area contributed by atoms with Crippen molar-refractivity contribution in [2.24, 2.45) is 0 Å². The Morgan fingerprint density at radius 2 is 2.08 bits per heavy atom. The van der Waals surface area contributed by atoms with Gasteiger partial charge in [0, 0.05) is 19.3 Å². The Balaban J connectivity index is 2.03. The van der Waals surface area contributed by atoms with Crippen LogP contribution < -0.4 is 5.32 Å². The highest BCUT2D eigenvalue weighted by molar-refractivity contribution is 6.32. The zero-order chi connectivity index (χ0) is 19.5. The van der Waals surface area contributed by atoms with Crippen LogP contribution in [0.15, 0.2) is 12.3 Å². The summed E-state index contributed by atoms with van der Waals surface area (Å²) >= 11 is 5.91. The predicted molar refractivity (Wildman–Crippen MR) is 93.3 cm³/mol. The van der Waals surface area contributed by atoms with Crippen molar-refractivity contribution in [1.29, 1.82) is 0 Å². The second kappa shape index (κ2) is 7.90. The summed E-state index contributed by atoms with van der Waals surface area (Å²) in [5, 5.41) is 2.84. The molecule has 1 aliphatic heterocycles. The van der Waals surface area contributed by atoms with Crippen LogP contribution in [0.3, 0.4) is 0 Å². The molecule has 1 fully saturated rings. The summed E-state index contributed by atoms with van der Waals surface area (Å²) in [5.41, 5.74) is -1.49. The average molecular weight is 394 g/mol. The normalized spacial score (nSPS) is 18.6. The minimum atomic E-state index is -4.49. The highest BCUT2D eigenvalue weighted by Crippen LogP contribution is 2.32. The van der Waals surface area contributed by atoms with E-state index in [0.717, 1.165) is 31.5 Å². The molecule has 1 atom stereocenters. The quantitative estimate of drug-likeness (QED) is 0.789. The molecule has 1 aliphatic rings.